The van der Waals surface area contributed by atoms with E-state index in [2.05, 4.69) is 10.3 Å². The molecule has 0 bridgehead atoms. The first-order chi connectivity index (χ1) is 5.24. The summed E-state index contributed by atoms with van der Waals surface area (Å²) in [7, 11) is 1.91. The summed E-state index contributed by atoms with van der Waals surface area (Å²) in [4.78, 5) is 3.98. The third kappa shape index (κ3) is 2.17. The monoisotopic (exact) mass is 170 g/mol. The molecule has 1 aromatic rings. The van der Waals surface area contributed by atoms with Gasteiger partial charge in [0.05, 0.1) is 0 Å². The second kappa shape index (κ2) is 3.69. The molecule has 0 aliphatic heterocycles. The Morgan fingerprint density at radius 3 is 2.91 bits per heavy atom. The molecule has 0 fully saturated rings. The minimum absolute atomic E-state index is 0.558. The van der Waals surface area contributed by atoms with Crippen LogP contribution in [0.5, 0.6) is 0 Å². The predicted octanol–water partition coefficient (Wildman–Crippen LogP) is 1.76. The van der Waals surface area contributed by atoms with Gasteiger partial charge in [0.25, 0.3) is 0 Å². The molecule has 0 atom stereocenters. The van der Waals surface area contributed by atoms with E-state index in [1.165, 1.54) is 11.1 Å². The third-order valence-electron chi connectivity index (χ3n) is 1.55. The Labute approximate surface area is 71.6 Å². The Kier molecular flexibility index (Phi) is 2.85. The van der Waals surface area contributed by atoms with Crippen LogP contribution in [0.25, 0.3) is 0 Å². The Hall–Kier alpha value is -0.600. The van der Waals surface area contributed by atoms with Gasteiger partial charge in [-0.05, 0) is 31.2 Å². The lowest BCUT2D eigenvalue weighted by Gasteiger charge is -2.03. The van der Waals surface area contributed by atoms with Crippen LogP contribution in [0.4, 0.5) is 0 Å². The molecule has 1 aromatic heterocycles. The van der Waals surface area contributed by atoms with Crippen molar-refractivity contribution in [1.82, 2.24) is 10.3 Å². The van der Waals surface area contributed by atoms with E-state index in [4.69, 9.17) is 11.6 Å². The van der Waals surface area contributed by atoms with Crippen LogP contribution in [-0.4, -0.2) is 12.0 Å². The molecule has 0 aliphatic rings. The van der Waals surface area contributed by atoms with Gasteiger partial charge in [0.1, 0.15) is 5.15 Å². The molecule has 0 radical (unpaired) electrons. The van der Waals surface area contributed by atoms with Gasteiger partial charge >= 0.3 is 0 Å². The number of aryl methyl sites for hydroxylation is 1. The zero-order valence-corrected chi connectivity index (χ0v) is 7.44. The van der Waals surface area contributed by atoms with Gasteiger partial charge < -0.3 is 5.32 Å². The van der Waals surface area contributed by atoms with Crippen LogP contribution in [0.1, 0.15) is 11.1 Å². The van der Waals surface area contributed by atoms with Gasteiger partial charge in [0, 0.05) is 12.7 Å². The average Bonchev–Trinajstić information content (AvgIpc) is 1.95. The van der Waals surface area contributed by atoms with Gasteiger partial charge in [-0.1, -0.05) is 11.6 Å². The smallest absolute Gasteiger partial charge is 0.129 e. The molecule has 1 heterocycles. The third-order valence-corrected chi connectivity index (χ3v) is 1.76. The summed E-state index contributed by atoms with van der Waals surface area (Å²) in [5, 5.41) is 3.62. The van der Waals surface area contributed by atoms with Crippen molar-refractivity contribution in [1.29, 1.82) is 0 Å². The zero-order valence-electron chi connectivity index (χ0n) is 6.69. The average molecular weight is 171 g/mol. The van der Waals surface area contributed by atoms with E-state index >= 15 is 0 Å². The lowest BCUT2D eigenvalue weighted by molar-refractivity contribution is 0.807. The van der Waals surface area contributed by atoms with Crippen molar-refractivity contribution in [2.75, 3.05) is 7.05 Å². The number of hydrogen-bond donors (Lipinski definition) is 1. The summed E-state index contributed by atoms with van der Waals surface area (Å²) in [5.74, 6) is 0. The van der Waals surface area contributed by atoms with Crippen LogP contribution >= 0.6 is 11.6 Å². The van der Waals surface area contributed by atoms with E-state index in [1.807, 2.05) is 20.0 Å². The van der Waals surface area contributed by atoms with Crippen LogP contribution in [0.15, 0.2) is 12.3 Å². The maximum Gasteiger partial charge on any atom is 0.129 e. The lowest BCUT2D eigenvalue weighted by Crippen LogP contribution is -2.06. The van der Waals surface area contributed by atoms with Crippen molar-refractivity contribution in [2.24, 2.45) is 0 Å². The van der Waals surface area contributed by atoms with E-state index in [9.17, 15) is 0 Å². The number of pyridine rings is 1. The molecule has 2 nitrogen and oxygen atoms in total. The van der Waals surface area contributed by atoms with Crippen LogP contribution < -0.4 is 5.32 Å². The van der Waals surface area contributed by atoms with E-state index in [0.29, 0.717) is 5.15 Å². The summed E-state index contributed by atoms with van der Waals surface area (Å²) in [6.07, 6.45) is 1.80. The van der Waals surface area contributed by atoms with Gasteiger partial charge in [-0.15, -0.1) is 0 Å². The molecule has 1 N–H and O–H groups in total. The van der Waals surface area contributed by atoms with Gasteiger partial charge in [-0.2, -0.15) is 0 Å². The fraction of sp³-hybridized carbons (Fsp3) is 0.375. The Morgan fingerprint density at radius 2 is 2.36 bits per heavy atom. The molecule has 0 spiro atoms. The Morgan fingerprint density at radius 1 is 1.64 bits per heavy atom. The molecule has 0 saturated heterocycles. The summed E-state index contributed by atoms with van der Waals surface area (Å²) < 4.78 is 0. The molecule has 0 amide bonds. The molecule has 11 heavy (non-hydrogen) atoms. The number of halogens is 1. The first kappa shape index (κ1) is 8.50. The molecular formula is C8H11ClN2. The zero-order chi connectivity index (χ0) is 8.27. The maximum absolute atomic E-state index is 5.69. The molecule has 0 aromatic carbocycles. The number of aromatic nitrogens is 1. The van der Waals surface area contributed by atoms with Crippen molar-refractivity contribution in [2.45, 2.75) is 13.5 Å². The molecular weight excluding hydrogens is 160 g/mol. The van der Waals surface area contributed by atoms with Crippen LogP contribution in [-0.2, 0) is 6.54 Å². The summed E-state index contributed by atoms with van der Waals surface area (Å²) >= 11 is 5.69. The number of nitrogens with zero attached hydrogens (tertiary/aromatic N) is 1. The van der Waals surface area contributed by atoms with Crippen molar-refractivity contribution in [3.63, 3.8) is 0 Å². The minimum atomic E-state index is 0.558. The molecule has 3 heteroatoms. The number of hydrogen-bond acceptors (Lipinski definition) is 2. The predicted molar refractivity (Wildman–Crippen MR) is 46.7 cm³/mol. The SMILES string of the molecule is CNCc1cnc(Cl)cc1C. The van der Waals surface area contributed by atoms with Crippen molar-refractivity contribution in [3.8, 4) is 0 Å². The van der Waals surface area contributed by atoms with Gasteiger partial charge in [0.2, 0.25) is 0 Å². The minimum Gasteiger partial charge on any atom is -0.316 e. The molecule has 0 aliphatic carbocycles. The Bertz CT molecular complexity index is 248. The van der Waals surface area contributed by atoms with Gasteiger partial charge in [-0.25, -0.2) is 4.98 Å². The molecule has 1 rings (SSSR count). The van der Waals surface area contributed by atoms with Crippen LogP contribution in [0, 0.1) is 6.92 Å². The van der Waals surface area contributed by atoms with E-state index in [1.54, 1.807) is 6.20 Å². The summed E-state index contributed by atoms with van der Waals surface area (Å²) in [6, 6.07) is 1.87. The highest BCUT2D eigenvalue weighted by Crippen LogP contribution is 2.11. The first-order valence-corrected chi connectivity index (χ1v) is 3.87. The van der Waals surface area contributed by atoms with E-state index in [-0.39, 0.29) is 0 Å². The normalized spacial score (nSPS) is 10.1. The molecule has 60 valence electrons. The van der Waals surface area contributed by atoms with Crippen molar-refractivity contribution in [3.05, 3.63) is 28.5 Å². The fourth-order valence-corrected chi connectivity index (χ4v) is 1.14. The van der Waals surface area contributed by atoms with Gasteiger partial charge in [-0.3, -0.25) is 0 Å². The second-order valence-electron chi connectivity index (χ2n) is 2.46. The van der Waals surface area contributed by atoms with Crippen molar-refractivity contribution >= 4 is 11.6 Å². The van der Waals surface area contributed by atoms with E-state index in [0.717, 1.165) is 6.54 Å². The van der Waals surface area contributed by atoms with Gasteiger partial charge in [0.15, 0.2) is 0 Å². The fourth-order valence-electron chi connectivity index (χ4n) is 0.926. The topological polar surface area (TPSA) is 24.9 Å². The second-order valence-corrected chi connectivity index (χ2v) is 2.85. The number of nitrogens with one attached hydrogen (secondary N) is 1. The Balaban J connectivity index is 2.90. The summed E-state index contributed by atoms with van der Waals surface area (Å²) in [5.41, 5.74) is 2.37. The standard InChI is InChI=1S/C8H11ClN2/c1-6-3-8(9)11-5-7(6)4-10-2/h3,5,10H,4H2,1-2H3. The maximum atomic E-state index is 5.69. The quantitative estimate of drug-likeness (QED) is 0.685. The number of rotatable bonds is 2. The largest absolute Gasteiger partial charge is 0.316 e. The summed E-state index contributed by atoms with van der Waals surface area (Å²) in [6.45, 7) is 2.87. The first-order valence-electron chi connectivity index (χ1n) is 3.49. The van der Waals surface area contributed by atoms with Crippen molar-refractivity contribution < 1.29 is 0 Å². The van der Waals surface area contributed by atoms with E-state index < -0.39 is 0 Å². The molecule has 0 saturated carbocycles. The highest BCUT2D eigenvalue weighted by molar-refractivity contribution is 6.29. The molecule has 0 unspecified atom stereocenters. The highest BCUT2D eigenvalue weighted by atomic mass is 35.5. The highest BCUT2D eigenvalue weighted by Gasteiger charge is 1.97. The van der Waals surface area contributed by atoms with Crippen LogP contribution in [0.3, 0.4) is 0 Å². The van der Waals surface area contributed by atoms with Crippen LogP contribution in [0.2, 0.25) is 5.15 Å². The lowest BCUT2D eigenvalue weighted by atomic mass is 10.2.